The van der Waals surface area contributed by atoms with Gasteiger partial charge in [-0.1, -0.05) is 0 Å². The average Bonchev–Trinajstić information content (AvgIpc) is 2.79. The Bertz CT molecular complexity index is 508. The lowest BCUT2D eigenvalue weighted by atomic mass is 10.0. The zero-order valence-electron chi connectivity index (χ0n) is 11.5. The summed E-state index contributed by atoms with van der Waals surface area (Å²) in [5, 5.41) is 2.92. The highest BCUT2D eigenvalue weighted by Crippen LogP contribution is 2.33. The Morgan fingerprint density at radius 2 is 2.10 bits per heavy atom. The van der Waals surface area contributed by atoms with Crippen LogP contribution in [0.25, 0.3) is 0 Å². The first-order chi connectivity index (χ1) is 10.0. The third-order valence-corrected chi connectivity index (χ3v) is 6.52. The first-order valence-electron chi connectivity index (χ1n) is 6.53. The highest BCUT2D eigenvalue weighted by atomic mass is 79.9. The number of thiophene rings is 1. The summed E-state index contributed by atoms with van der Waals surface area (Å²) in [7, 11) is 1.50. The molecule has 1 aliphatic heterocycles. The van der Waals surface area contributed by atoms with E-state index in [-0.39, 0.29) is 24.5 Å². The Kier molecular flexibility index (Phi) is 6.21. The molecule has 0 aromatic carbocycles. The molecule has 2 rings (SSSR count). The van der Waals surface area contributed by atoms with Gasteiger partial charge >= 0.3 is 0 Å². The molecule has 1 saturated heterocycles. The predicted molar refractivity (Wildman–Crippen MR) is 88.7 cm³/mol. The maximum atomic E-state index is 12.4. The molecule has 1 aliphatic rings. The lowest BCUT2D eigenvalue weighted by Crippen LogP contribution is -2.47. The van der Waals surface area contributed by atoms with E-state index in [4.69, 9.17) is 4.74 Å². The molecule has 0 bridgehead atoms. The average molecular weight is 440 g/mol. The molecule has 5 nitrogen and oxygen atoms in total. The number of nitrogens with one attached hydrogen (secondary N) is 1. The fourth-order valence-electron chi connectivity index (χ4n) is 2.24. The molecule has 21 heavy (non-hydrogen) atoms. The second-order valence-electron chi connectivity index (χ2n) is 4.80. The van der Waals surface area contributed by atoms with Crippen LogP contribution in [0.1, 0.15) is 22.5 Å². The topological polar surface area (TPSA) is 58.6 Å². The number of amides is 2. The van der Waals surface area contributed by atoms with Crippen LogP contribution in [-0.4, -0.2) is 49.6 Å². The van der Waals surface area contributed by atoms with Crippen molar-refractivity contribution in [3.05, 3.63) is 19.2 Å². The molecule has 2 amide bonds. The molecule has 0 spiro atoms. The molecule has 0 saturated carbocycles. The quantitative estimate of drug-likeness (QED) is 0.784. The maximum absolute atomic E-state index is 12.4. The molecule has 1 aromatic rings. The number of hydrogen-bond donors (Lipinski definition) is 1. The first-order valence-corrected chi connectivity index (χ1v) is 8.94. The van der Waals surface area contributed by atoms with Crippen LogP contribution in [-0.2, 0) is 9.53 Å². The number of carbonyl (C=O) groups excluding carboxylic acids is 2. The van der Waals surface area contributed by atoms with E-state index >= 15 is 0 Å². The Hall–Kier alpha value is -0.440. The Morgan fingerprint density at radius 1 is 1.43 bits per heavy atom. The second kappa shape index (κ2) is 7.71. The van der Waals surface area contributed by atoms with Gasteiger partial charge in [0, 0.05) is 30.7 Å². The summed E-state index contributed by atoms with van der Waals surface area (Å²) in [6.45, 7) is 1.39. The molecule has 0 radical (unpaired) electrons. The van der Waals surface area contributed by atoms with Crippen LogP contribution in [0.5, 0.6) is 0 Å². The summed E-state index contributed by atoms with van der Waals surface area (Å²) in [5.41, 5.74) is 0. The number of ether oxygens (including phenoxy) is 1. The zero-order chi connectivity index (χ0) is 15.4. The van der Waals surface area contributed by atoms with Gasteiger partial charge in [-0.2, -0.15) is 0 Å². The number of halogens is 2. The van der Waals surface area contributed by atoms with Gasteiger partial charge in [-0.05, 0) is 50.8 Å². The van der Waals surface area contributed by atoms with E-state index in [0.29, 0.717) is 13.1 Å². The summed E-state index contributed by atoms with van der Waals surface area (Å²) in [6.07, 6.45) is 1.55. The highest BCUT2D eigenvalue weighted by molar-refractivity contribution is 9.13. The minimum atomic E-state index is -0.103. The highest BCUT2D eigenvalue weighted by Gasteiger charge is 2.25. The van der Waals surface area contributed by atoms with Crippen LogP contribution in [0.2, 0.25) is 0 Å². The number of carbonyl (C=O) groups is 2. The van der Waals surface area contributed by atoms with E-state index in [9.17, 15) is 9.59 Å². The fourth-order valence-corrected chi connectivity index (χ4v) is 4.24. The molecule has 8 heteroatoms. The SMILES string of the molecule is COCC(=O)NC1CCN(C(=O)c2cc(Br)c(Br)s2)CC1. The third kappa shape index (κ3) is 4.51. The van der Waals surface area contributed by atoms with E-state index in [1.165, 1.54) is 18.4 Å². The summed E-state index contributed by atoms with van der Waals surface area (Å²) >= 11 is 8.22. The monoisotopic (exact) mass is 438 g/mol. The number of piperidine rings is 1. The minimum absolute atomic E-state index is 0.0491. The molecule has 0 aliphatic carbocycles. The Balaban J connectivity index is 1.86. The van der Waals surface area contributed by atoms with Crippen molar-refractivity contribution >= 4 is 55.0 Å². The summed E-state index contributed by atoms with van der Waals surface area (Å²) < 4.78 is 6.62. The van der Waals surface area contributed by atoms with Crippen LogP contribution in [0, 0.1) is 0 Å². The lowest BCUT2D eigenvalue weighted by Gasteiger charge is -2.32. The van der Waals surface area contributed by atoms with Crippen molar-refractivity contribution in [1.82, 2.24) is 10.2 Å². The number of methoxy groups -OCH3 is 1. The predicted octanol–water partition coefficient (Wildman–Crippen LogP) is 2.64. The number of hydrogen-bond acceptors (Lipinski definition) is 4. The second-order valence-corrected chi connectivity index (χ2v) is 8.02. The Morgan fingerprint density at radius 3 is 2.62 bits per heavy atom. The fraction of sp³-hybridized carbons (Fsp3) is 0.538. The van der Waals surface area contributed by atoms with Gasteiger partial charge in [0.1, 0.15) is 6.61 Å². The van der Waals surface area contributed by atoms with Crippen molar-refractivity contribution in [2.24, 2.45) is 0 Å². The van der Waals surface area contributed by atoms with Crippen molar-refractivity contribution in [2.75, 3.05) is 26.8 Å². The van der Waals surface area contributed by atoms with E-state index in [1.807, 2.05) is 11.0 Å². The van der Waals surface area contributed by atoms with Crippen LogP contribution in [0.15, 0.2) is 14.3 Å². The van der Waals surface area contributed by atoms with Gasteiger partial charge in [-0.15, -0.1) is 11.3 Å². The van der Waals surface area contributed by atoms with Crippen LogP contribution in [0.4, 0.5) is 0 Å². The van der Waals surface area contributed by atoms with Crippen molar-refractivity contribution in [2.45, 2.75) is 18.9 Å². The molecule has 0 atom stereocenters. The van der Waals surface area contributed by atoms with Crippen molar-refractivity contribution in [3.8, 4) is 0 Å². The van der Waals surface area contributed by atoms with Crippen LogP contribution < -0.4 is 5.32 Å². The first kappa shape index (κ1) is 16.9. The van der Waals surface area contributed by atoms with E-state index < -0.39 is 0 Å². The maximum Gasteiger partial charge on any atom is 0.264 e. The number of nitrogens with zero attached hydrogens (tertiary/aromatic N) is 1. The van der Waals surface area contributed by atoms with Gasteiger partial charge in [0.05, 0.1) is 8.66 Å². The van der Waals surface area contributed by atoms with E-state index in [0.717, 1.165) is 26.0 Å². The van der Waals surface area contributed by atoms with Gasteiger partial charge in [0.15, 0.2) is 0 Å². The Labute approximate surface area is 144 Å². The normalized spacial score (nSPS) is 16.0. The standard InChI is InChI=1S/C13H16Br2N2O3S/c1-20-7-11(18)16-8-2-4-17(5-3-8)13(19)10-6-9(14)12(15)21-10/h6,8H,2-5,7H2,1H3,(H,16,18). The molecule has 1 aromatic heterocycles. The molecule has 2 heterocycles. The molecule has 116 valence electrons. The van der Waals surface area contributed by atoms with Crippen molar-refractivity contribution in [3.63, 3.8) is 0 Å². The van der Waals surface area contributed by atoms with Gasteiger partial charge < -0.3 is 15.0 Å². The molecule has 1 fully saturated rings. The zero-order valence-corrected chi connectivity index (χ0v) is 15.5. The lowest BCUT2D eigenvalue weighted by molar-refractivity contribution is -0.125. The van der Waals surface area contributed by atoms with Gasteiger partial charge in [0.2, 0.25) is 5.91 Å². The van der Waals surface area contributed by atoms with Gasteiger partial charge in [0.25, 0.3) is 5.91 Å². The minimum Gasteiger partial charge on any atom is -0.375 e. The van der Waals surface area contributed by atoms with Gasteiger partial charge in [-0.3, -0.25) is 9.59 Å². The molecule has 0 unspecified atom stereocenters. The van der Waals surface area contributed by atoms with E-state index in [2.05, 4.69) is 37.2 Å². The van der Waals surface area contributed by atoms with Crippen molar-refractivity contribution < 1.29 is 14.3 Å². The smallest absolute Gasteiger partial charge is 0.264 e. The van der Waals surface area contributed by atoms with Crippen LogP contribution in [0.3, 0.4) is 0 Å². The van der Waals surface area contributed by atoms with E-state index in [1.54, 1.807) is 0 Å². The third-order valence-electron chi connectivity index (χ3n) is 3.28. The summed E-state index contributed by atoms with van der Waals surface area (Å²) in [4.78, 5) is 26.4. The van der Waals surface area contributed by atoms with Gasteiger partial charge in [-0.25, -0.2) is 0 Å². The number of rotatable bonds is 4. The number of likely N-dealkylation sites (tertiary alicyclic amines) is 1. The molecular formula is C13H16Br2N2O3S. The molecular weight excluding hydrogens is 424 g/mol. The molecule has 1 N–H and O–H groups in total. The van der Waals surface area contributed by atoms with Crippen LogP contribution >= 0.6 is 43.2 Å². The summed E-state index contributed by atoms with van der Waals surface area (Å²) in [5.74, 6) is -0.0542. The van der Waals surface area contributed by atoms with Crippen molar-refractivity contribution in [1.29, 1.82) is 0 Å². The largest absolute Gasteiger partial charge is 0.375 e. The summed E-state index contributed by atoms with van der Waals surface area (Å²) in [6, 6.07) is 1.96.